The number of rotatable bonds is 6. The summed E-state index contributed by atoms with van der Waals surface area (Å²) in [5.74, 6) is 2.20. The third kappa shape index (κ3) is 4.30. The van der Waals surface area contributed by atoms with Gasteiger partial charge >= 0.3 is 0 Å². The summed E-state index contributed by atoms with van der Waals surface area (Å²) in [5, 5.41) is 3.41. The summed E-state index contributed by atoms with van der Waals surface area (Å²) in [5.41, 5.74) is 6.46. The SMILES string of the molecule is CCCOc1nc(NCC2CCCCC2)ccc1N. The molecule has 1 aliphatic rings. The van der Waals surface area contributed by atoms with Gasteiger partial charge in [0.15, 0.2) is 0 Å². The van der Waals surface area contributed by atoms with Crippen LogP contribution in [-0.2, 0) is 0 Å². The number of pyridine rings is 1. The molecule has 4 nitrogen and oxygen atoms in total. The van der Waals surface area contributed by atoms with Crippen molar-refractivity contribution in [3.05, 3.63) is 12.1 Å². The first-order valence-corrected chi connectivity index (χ1v) is 7.42. The predicted molar refractivity (Wildman–Crippen MR) is 79.5 cm³/mol. The summed E-state index contributed by atoms with van der Waals surface area (Å²) >= 11 is 0. The maximum absolute atomic E-state index is 5.85. The van der Waals surface area contributed by atoms with E-state index < -0.39 is 0 Å². The summed E-state index contributed by atoms with van der Waals surface area (Å²) < 4.78 is 5.54. The van der Waals surface area contributed by atoms with Crippen LogP contribution in [0.25, 0.3) is 0 Å². The molecule has 0 unspecified atom stereocenters. The Morgan fingerprint density at radius 3 is 2.84 bits per heavy atom. The standard InChI is InChI=1S/C15H25N3O/c1-2-10-19-15-13(16)8-9-14(18-15)17-11-12-6-4-3-5-7-12/h8-9,12H,2-7,10-11,16H2,1H3,(H,17,18). The number of hydrogen-bond acceptors (Lipinski definition) is 4. The molecule has 1 aliphatic carbocycles. The highest BCUT2D eigenvalue weighted by atomic mass is 16.5. The fourth-order valence-electron chi connectivity index (χ4n) is 2.50. The number of anilines is 2. The van der Waals surface area contributed by atoms with Crippen molar-refractivity contribution in [2.24, 2.45) is 5.92 Å². The monoisotopic (exact) mass is 263 g/mol. The lowest BCUT2D eigenvalue weighted by molar-refractivity contribution is 0.307. The van der Waals surface area contributed by atoms with E-state index in [2.05, 4.69) is 17.2 Å². The van der Waals surface area contributed by atoms with Crippen LogP contribution >= 0.6 is 0 Å². The van der Waals surface area contributed by atoms with E-state index in [0.29, 0.717) is 18.2 Å². The normalized spacial score (nSPS) is 16.3. The molecule has 4 heteroatoms. The number of ether oxygens (including phenoxy) is 1. The molecule has 0 bridgehead atoms. The molecular formula is C15H25N3O. The maximum Gasteiger partial charge on any atom is 0.239 e. The van der Waals surface area contributed by atoms with Gasteiger partial charge in [0.1, 0.15) is 5.82 Å². The van der Waals surface area contributed by atoms with Crippen LogP contribution in [-0.4, -0.2) is 18.1 Å². The number of nitrogens with one attached hydrogen (secondary N) is 1. The van der Waals surface area contributed by atoms with Crippen LogP contribution in [0.15, 0.2) is 12.1 Å². The van der Waals surface area contributed by atoms with Gasteiger partial charge in [-0.25, -0.2) is 0 Å². The molecule has 0 radical (unpaired) electrons. The van der Waals surface area contributed by atoms with Gasteiger partial charge < -0.3 is 15.8 Å². The lowest BCUT2D eigenvalue weighted by Gasteiger charge is -2.22. The van der Waals surface area contributed by atoms with Crippen LogP contribution in [0.2, 0.25) is 0 Å². The van der Waals surface area contributed by atoms with Crippen molar-refractivity contribution in [3.8, 4) is 5.88 Å². The maximum atomic E-state index is 5.85. The molecule has 0 aliphatic heterocycles. The van der Waals surface area contributed by atoms with Gasteiger partial charge in [-0.2, -0.15) is 4.98 Å². The van der Waals surface area contributed by atoms with Crippen LogP contribution in [0.1, 0.15) is 45.4 Å². The number of nitrogen functional groups attached to an aromatic ring is 1. The molecule has 1 saturated carbocycles. The largest absolute Gasteiger partial charge is 0.476 e. The third-order valence-electron chi connectivity index (χ3n) is 3.63. The molecule has 0 aromatic carbocycles. The molecule has 1 heterocycles. The van der Waals surface area contributed by atoms with Gasteiger partial charge in [-0.05, 0) is 37.3 Å². The zero-order valence-electron chi connectivity index (χ0n) is 11.8. The van der Waals surface area contributed by atoms with E-state index in [4.69, 9.17) is 10.5 Å². The zero-order valence-corrected chi connectivity index (χ0v) is 11.8. The van der Waals surface area contributed by atoms with Crippen molar-refractivity contribution in [2.45, 2.75) is 45.4 Å². The van der Waals surface area contributed by atoms with Crippen LogP contribution in [0, 0.1) is 5.92 Å². The van der Waals surface area contributed by atoms with Gasteiger partial charge in [-0.1, -0.05) is 26.2 Å². The third-order valence-corrected chi connectivity index (χ3v) is 3.63. The Labute approximate surface area is 115 Å². The Hall–Kier alpha value is -1.45. The highest BCUT2D eigenvalue weighted by molar-refractivity contribution is 5.53. The van der Waals surface area contributed by atoms with Crippen LogP contribution < -0.4 is 15.8 Å². The quantitative estimate of drug-likeness (QED) is 0.825. The van der Waals surface area contributed by atoms with E-state index >= 15 is 0 Å². The molecule has 0 saturated heterocycles. The predicted octanol–water partition coefficient (Wildman–Crippen LogP) is 3.44. The number of aromatic nitrogens is 1. The van der Waals surface area contributed by atoms with Crippen molar-refractivity contribution >= 4 is 11.5 Å². The molecule has 2 rings (SSSR count). The minimum atomic E-state index is 0.551. The molecule has 1 fully saturated rings. The highest BCUT2D eigenvalue weighted by Crippen LogP contribution is 2.25. The highest BCUT2D eigenvalue weighted by Gasteiger charge is 2.13. The van der Waals surface area contributed by atoms with E-state index in [-0.39, 0.29) is 0 Å². The molecule has 0 amide bonds. The minimum Gasteiger partial charge on any atom is -0.476 e. The molecule has 0 atom stereocenters. The van der Waals surface area contributed by atoms with Gasteiger partial charge in [0, 0.05) is 6.54 Å². The average Bonchev–Trinajstić information content (AvgIpc) is 2.46. The van der Waals surface area contributed by atoms with Crippen LogP contribution in [0.3, 0.4) is 0 Å². The second-order valence-electron chi connectivity index (χ2n) is 5.32. The first-order chi connectivity index (χ1) is 9.29. The summed E-state index contributed by atoms with van der Waals surface area (Å²) in [6, 6.07) is 3.79. The van der Waals surface area contributed by atoms with Gasteiger partial charge in [-0.3, -0.25) is 0 Å². The van der Waals surface area contributed by atoms with Gasteiger partial charge in [0.25, 0.3) is 0 Å². The van der Waals surface area contributed by atoms with Crippen molar-refractivity contribution in [2.75, 3.05) is 24.2 Å². The number of hydrogen-bond donors (Lipinski definition) is 2. The van der Waals surface area contributed by atoms with E-state index in [1.54, 1.807) is 0 Å². The molecule has 3 N–H and O–H groups in total. The molecular weight excluding hydrogens is 238 g/mol. The van der Waals surface area contributed by atoms with Crippen molar-refractivity contribution in [1.29, 1.82) is 0 Å². The summed E-state index contributed by atoms with van der Waals surface area (Å²) in [7, 11) is 0. The Bertz CT molecular complexity index is 389. The average molecular weight is 263 g/mol. The lowest BCUT2D eigenvalue weighted by Crippen LogP contribution is -2.17. The Kier molecular flexibility index (Phi) is 5.31. The lowest BCUT2D eigenvalue weighted by atomic mass is 9.89. The van der Waals surface area contributed by atoms with Crippen molar-refractivity contribution in [1.82, 2.24) is 4.98 Å². The summed E-state index contributed by atoms with van der Waals surface area (Å²) in [6.45, 7) is 3.73. The van der Waals surface area contributed by atoms with Gasteiger partial charge in [0.2, 0.25) is 5.88 Å². The number of nitrogens with two attached hydrogens (primary N) is 1. The molecule has 1 aromatic heterocycles. The first kappa shape index (κ1) is 14.0. The second kappa shape index (κ2) is 7.22. The zero-order chi connectivity index (χ0) is 13.5. The van der Waals surface area contributed by atoms with Gasteiger partial charge in [0.05, 0.1) is 12.3 Å². The molecule has 1 aromatic rings. The summed E-state index contributed by atoms with van der Waals surface area (Å²) in [6.07, 6.45) is 7.76. The van der Waals surface area contributed by atoms with Crippen LogP contribution in [0.5, 0.6) is 5.88 Å². The fourth-order valence-corrected chi connectivity index (χ4v) is 2.50. The smallest absolute Gasteiger partial charge is 0.239 e. The molecule has 19 heavy (non-hydrogen) atoms. The van der Waals surface area contributed by atoms with E-state index in [1.807, 2.05) is 12.1 Å². The van der Waals surface area contributed by atoms with Gasteiger partial charge in [-0.15, -0.1) is 0 Å². The number of nitrogens with zero attached hydrogens (tertiary/aromatic N) is 1. The second-order valence-corrected chi connectivity index (χ2v) is 5.32. The molecule has 106 valence electrons. The van der Waals surface area contributed by atoms with Crippen LogP contribution in [0.4, 0.5) is 11.5 Å². The molecule has 0 spiro atoms. The van der Waals surface area contributed by atoms with E-state index in [0.717, 1.165) is 24.7 Å². The Morgan fingerprint density at radius 1 is 1.32 bits per heavy atom. The first-order valence-electron chi connectivity index (χ1n) is 7.42. The minimum absolute atomic E-state index is 0.551. The van der Waals surface area contributed by atoms with Crippen molar-refractivity contribution < 1.29 is 4.74 Å². The van der Waals surface area contributed by atoms with E-state index in [1.165, 1.54) is 32.1 Å². The Morgan fingerprint density at radius 2 is 2.11 bits per heavy atom. The van der Waals surface area contributed by atoms with Crippen molar-refractivity contribution in [3.63, 3.8) is 0 Å². The Balaban J connectivity index is 1.88. The topological polar surface area (TPSA) is 60.2 Å². The fraction of sp³-hybridized carbons (Fsp3) is 0.667. The summed E-state index contributed by atoms with van der Waals surface area (Å²) in [4.78, 5) is 4.44. The van der Waals surface area contributed by atoms with E-state index in [9.17, 15) is 0 Å².